The van der Waals surface area contributed by atoms with E-state index in [0.29, 0.717) is 22.6 Å². The molecule has 0 spiro atoms. The lowest BCUT2D eigenvalue weighted by Crippen LogP contribution is -2.20. The monoisotopic (exact) mass is 335 g/mol. The summed E-state index contributed by atoms with van der Waals surface area (Å²) in [6.07, 6.45) is 3.26. The average molecular weight is 335 g/mol. The number of carbonyl (C=O) groups excluding carboxylic acids is 2. The summed E-state index contributed by atoms with van der Waals surface area (Å²) in [5.41, 5.74) is 2.24. The zero-order valence-electron chi connectivity index (χ0n) is 13.6. The molecule has 7 nitrogen and oxygen atoms in total. The molecule has 0 fully saturated rings. The quantitative estimate of drug-likeness (QED) is 0.683. The number of nitrogens with one attached hydrogen (secondary N) is 3. The summed E-state index contributed by atoms with van der Waals surface area (Å²) in [4.78, 5) is 24.3. The summed E-state index contributed by atoms with van der Waals surface area (Å²) in [6.45, 7) is 0. The molecule has 3 N–H and O–H groups in total. The van der Waals surface area contributed by atoms with Crippen molar-refractivity contribution in [2.75, 3.05) is 16.0 Å². The van der Waals surface area contributed by atoms with Gasteiger partial charge in [0.15, 0.2) is 0 Å². The number of carbonyl (C=O) groups is 2. The van der Waals surface area contributed by atoms with E-state index in [-0.39, 0.29) is 11.9 Å². The Morgan fingerprint density at radius 3 is 2.32 bits per heavy atom. The zero-order valence-corrected chi connectivity index (χ0v) is 13.6. The van der Waals surface area contributed by atoms with Crippen LogP contribution in [0.1, 0.15) is 10.4 Å². The van der Waals surface area contributed by atoms with E-state index >= 15 is 0 Å². The molecule has 1 aromatic heterocycles. The van der Waals surface area contributed by atoms with E-state index in [2.05, 4.69) is 21.0 Å². The first-order valence-corrected chi connectivity index (χ1v) is 7.63. The molecule has 0 atom stereocenters. The zero-order chi connectivity index (χ0) is 17.6. The largest absolute Gasteiger partial charge is 0.323 e. The predicted molar refractivity (Wildman–Crippen MR) is 96.7 cm³/mol. The summed E-state index contributed by atoms with van der Waals surface area (Å²) in [6, 6.07) is 15.4. The Kier molecular flexibility index (Phi) is 4.75. The molecule has 126 valence electrons. The third kappa shape index (κ3) is 4.44. The number of anilines is 3. The Morgan fingerprint density at radius 2 is 1.60 bits per heavy atom. The van der Waals surface area contributed by atoms with Crippen molar-refractivity contribution in [3.8, 4) is 0 Å². The van der Waals surface area contributed by atoms with Crippen LogP contribution in [0.4, 0.5) is 21.9 Å². The van der Waals surface area contributed by atoms with Gasteiger partial charge < -0.3 is 16.0 Å². The summed E-state index contributed by atoms with van der Waals surface area (Å²) >= 11 is 0. The first-order chi connectivity index (χ1) is 12.1. The van der Waals surface area contributed by atoms with Gasteiger partial charge in [0.05, 0.1) is 11.9 Å². The maximum Gasteiger partial charge on any atom is 0.323 e. The fraction of sp³-hybridized carbons (Fsp3) is 0.0556. The highest BCUT2D eigenvalue weighted by Gasteiger charge is 2.09. The number of hydrogen-bond acceptors (Lipinski definition) is 3. The highest BCUT2D eigenvalue weighted by molar-refractivity contribution is 6.06. The second-order valence-corrected chi connectivity index (χ2v) is 5.38. The van der Waals surface area contributed by atoms with Crippen molar-refractivity contribution >= 4 is 29.0 Å². The molecule has 0 unspecified atom stereocenters. The number of para-hydroxylation sites is 1. The molecule has 0 saturated carbocycles. The SMILES string of the molecule is Cn1cc(NC(=O)c2cccc(NC(=O)Nc3ccccc3)c2)cn1. The minimum atomic E-state index is -0.379. The van der Waals surface area contributed by atoms with Crippen molar-refractivity contribution in [3.63, 3.8) is 0 Å². The number of rotatable bonds is 4. The van der Waals surface area contributed by atoms with Crippen LogP contribution in [0.3, 0.4) is 0 Å². The predicted octanol–water partition coefficient (Wildman–Crippen LogP) is 3.32. The van der Waals surface area contributed by atoms with Gasteiger partial charge >= 0.3 is 6.03 Å². The molecule has 3 amide bonds. The summed E-state index contributed by atoms with van der Waals surface area (Å²) in [5.74, 6) is -0.278. The van der Waals surface area contributed by atoms with Crippen LogP contribution < -0.4 is 16.0 Å². The van der Waals surface area contributed by atoms with Gasteiger partial charge in [-0.25, -0.2) is 4.79 Å². The van der Waals surface area contributed by atoms with Gasteiger partial charge in [0.25, 0.3) is 5.91 Å². The van der Waals surface area contributed by atoms with E-state index in [9.17, 15) is 9.59 Å². The van der Waals surface area contributed by atoms with Crippen molar-refractivity contribution < 1.29 is 9.59 Å². The first-order valence-electron chi connectivity index (χ1n) is 7.63. The number of amides is 3. The lowest BCUT2D eigenvalue weighted by atomic mass is 10.2. The molecule has 1 heterocycles. The second kappa shape index (κ2) is 7.31. The number of hydrogen-bond donors (Lipinski definition) is 3. The lowest BCUT2D eigenvalue weighted by Gasteiger charge is -2.09. The fourth-order valence-corrected chi connectivity index (χ4v) is 2.24. The van der Waals surface area contributed by atoms with Gasteiger partial charge in [-0.05, 0) is 30.3 Å². The molecular formula is C18H17N5O2. The minimum Gasteiger partial charge on any atom is -0.319 e. The molecule has 0 aliphatic rings. The normalized spacial score (nSPS) is 10.1. The Bertz CT molecular complexity index is 889. The summed E-state index contributed by atoms with van der Waals surface area (Å²) in [5, 5.41) is 12.2. The molecule has 0 saturated heterocycles. The molecule has 0 aliphatic carbocycles. The number of aryl methyl sites for hydroxylation is 1. The fourth-order valence-electron chi connectivity index (χ4n) is 2.24. The molecule has 25 heavy (non-hydrogen) atoms. The van der Waals surface area contributed by atoms with E-state index in [1.165, 1.54) is 0 Å². The van der Waals surface area contributed by atoms with Crippen LogP contribution in [-0.4, -0.2) is 21.7 Å². The van der Waals surface area contributed by atoms with E-state index in [4.69, 9.17) is 0 Å². The van der Waals surface area contributed by atoms with Crippen LogP contribution >= 0.6 is 0 Å². The topological polar surface area (TPSA) is 88.0 Å². The van der Waals surface area contributed by atoms with Crippen LogP contribution in [0.2, 0.25) is 0 Å². The molecule has 0 radical (unpaired) electrons. The number of urea groups is 1. The van der Waals surface area contributed by atoms with Gasteiger partial charge in [-0.1, -0.05) is 24.3 Å². The maximum atomic E-state index is 12.3. The number of aromatic nitrogens is 2. The average Bonchev–Trinajstić information content (AvgIpc) is 3.00. The molecule has 3 rings (SSSR count). The molecule has 2 aromatic carbocycles. The van der Waals surface area contributed by atoms with E-state index < -0.39 is 0 Å². The van der Waals surface area contributed by atoms with Crippen LogP contribution in [0.15, 0.2) is 67.0 Å². The summed E-state index contributed by atoms with van der Waals surface area (Å²) in [7, 11) is 1.77. The van der Waals surface area contributed by atoms with Gasteiger partial charge in [0.2, 0.25) is 0 Å². The Hall–Kier alpha value is -3.61. The molecular weight excluding hydrogens is 318 g/mol. The molecule has 7 heteroatoms. The highest BCUT2D eigenvalue weighted by Crippen LogP contribution is 2.14. The van der Waals surface area contributed by atoms with Crippen LogP contribution in [-0.2, 0) is 7.05 Å². The maximum absolute atomic E-state index is 12.3. The van der Waals surface area contributed by atoms with Crippen molar-refractivity contribution in [2.45, 2.75) is 0 Å². The van der Waals surface area contributed by atoms with Gasteiger partial charge in [-0.15, -0.1) is 0 Å². The minimum absolute atomic E-state index is 0.278. The molecule has 3 aromatic rings. The smallest absolute Gasteiger partial charge is 0.319 e. The lowest BCUT2D eigenvalue weighted by molar-refractivity contribution is 0.102. The van der Waals surface area contributed by atoms with Gasteiger partial charge in [0.1, 0.15) is 0 Å². The van der Waals surface area contributed by atoms with Crippen LogP contribution in [0, 0.1) is 0 Å². The third-order valence-corrected chi connectivity index (χ3v) is 3.38. The van der Waals surface area contributed by atoms with Gasteiger partial charge in [-0.2, -0.15) is 5.10 Å². The van der Waals surface area contributed by atoms with Gasteiger partial charge in [0, 0.05) is 30.2 Å². The summed E-state index contributed by atoms with van der Waals surface area (Å²) < 4.78 is 1.60. The van der Waals surface area contributed by atoms with E-state index in [0.717, 1.165) is 0 Å². The number of nitrogens with zero attached hydrogens (tertiary/aromatic N) is 2. The second-order valence-electron chi connectivity index (χ2n) is 5.38. The van der Waals surface area contributed by atoms with E-state index in [1.807, 2.05) is 18.2 Å². The van der Waals surface area contributed by atoms with Crippen molar-refractivity contribution in [3.05, 3.63) is 72.6 Å². The highest BCUT2D eigenvalue weighted by atomic mass is 16.2. The Labute approximate surface area is 144 Å². The first kappa shape index (κ1) is 16.3. The Balaban J connectivity index is 1.64. The van der Waals surface area contributed by atoms with Crippen molar-refractivity contribution in [1.82, 2.24) is 9.78 Å². The van der Waals surface area contributed by atoms with E-state index in [1.54, 1.807) is 60.5 Å². The van der Waals surface area contributed by atoms with Gasteiger partial charge in [-0.3, -0.25) is 9.48 Å². The van der Waals surface area contributed by atoms with Crippen LogP contribution in [0.25, 0.3) is 0 Å². The Morgan fingerprint density at radius 1 is 0.880 bits per heavy atom. The van der Waals surface area contributed by atoms with Crippen LogP contribution in [0.5, 0.6) is 0 Å². The molecule has 0 aliphatic heterocycles. The molecule has 0 bridgehead atoms. The standard InChI is InChI=1S/C18H17N5O2/c1-23-12-16(11-19-23)20-17(24)13-6-5-9-15(10-13)22-18(25)21-14-7-3-2-4-8-14/h2-12H,1H3,(H,20,24)(H2,21,22,25). The van der Waals surface area contributed by atoms with Crippen molar-refractivity contribution in [1.29, 1.82) is 0 Å². The third-order valence-electron chi connectivity index (χ3n) is 3.38. The number of benzene rings is 2. The van der Waals surface area contributed by atoms with Crippen molar-refractivity contribution in [2.24, 2.45) is 7.05 Å².